The second-order valence-electron chi connectivity index (χ2n) is 8.33. The molecule has 0 spiro atoms. The minimum atomic E-state index is 0.109. The van der Waals surface area contributed by atoms with Gasteiger partial charge in [0.1, 0.15) is 5.52 Å². The molecule has 150 valence electrons. The normalized spacial score (nSPS) is 22.9. The van der Waals surface area contributed by atoms with Crippen LogP contribution in [-0.4, -0.2) is 74.0 Å². The Morgan fingerprint density at radius 2 is 1.71 bits per heavy atom. The van der Waals surface area contributed by atoms with Crippen LogP contribution in [0.5, 0.6) is 0 Å². The van der Waals surface area contributed by atoms with E-state index in [1.54, 1.807) is 6.20 Å². The third-order valence-electron chi connectivity index (χ3n) is 6.69. The largest absolute Gasteiger partial charge is 0.338 e. The first-order chi connectivity index (χ1) is 13.8. The van der Waals surface area contributed by atoms with Gasteiger partial charge in [-0.1, -0.05) is 12.8 Å². The van der Waals surface area contributed by atoms with Crippen molar-refractivity contribution in [2.75, 3.05) is 37.7 Å². The summed E-state index contributed by atoms with van der Waals surface area (Å²) in [5.74, 6) is 2.61. The van der Waals surface area contributed by atoms with Gasteiger partial charge in [-0.05, 0) is 31.7 Å². The number of rotatable bonds is 3. The van der Waals surface area contributed by atoms with Gasteiger partial charge in [-0.2, -0.15) is 11.8 Å². The van der Waals surface area contributed by atoms with Crippen molar-refractivity contribution in [1.82, 2.24) is 24.3 Å². The quantitative estimate of drug-likeness (QED) is 0.793. The van der Waals surface area contributed by atoms with Crippen LogP contribution >= 0.6 is 11.8 Å². The van der Waals surface area contributed by atoms with Crippen LogP contribution in [0.25, 0.3) is 11.2 Å². The second-order valence-corrected chi connectivity index (χ2v) is 9.55. The summed E-state index contributed by atoms with van der Waals surface area (Å²) in [6, 6.07) is 3.10. The molecule has 2 saturated heterocycles. The molecule has 7 heteroatoms. The zero-order valence-electron chi connectivity index (χ0n) is 16.4. The van der Waals surface area contributed by atoms with Gasteiger partial charge in [0.05, 0.1) is 11.9 Å². The monoisotopic (exact) mass is 399 g/mol. The molecule has 1 saturated carbocycles. The smallest absolute Gasteiger partial charge is 0.255 e. The van der Waals surface area contributed by atoms with E-state index in [9.17, 15) is 4.79 Å². The van der Waals surface area contributed by atoms with Crippen LogP contribution in [0, 0.1) is 0 Å². The highest BCUT2D eigenvalue weighted by Crippen LogP contribution is 2.31. The molecule has 5 rings (SSSR count). The van der Waals surface area contributed by atoms with Gasteiger partial charge in [-0.25, -0.2) is 9.97 Å². The minimum Gasteiger partial charge on any atom is -0.338 e. The Morgan fingerprint density at radius 3 is 2.46 bits per heavy atom. The molecule has 3 aliphatic rings. The number of thioether (sulfide) groups is 1. The van der Waals surface area contributed by atoms with Crippen molar-refractivity contribution in [2.45, 2.75) is 50.6 Å². The Hall–Kier alpha value is -1.60. The van der Waals surface area contributed by atoms with Crippen LogP contribution < -0.4 is 0 Å². The third-order valence-corrected chi connectivity index (χ3v) is 7.63. The molecular formula is C21H29N5OS. The maximum Gasteiger partial charge on any atom is 0.255 e. The lowest BCUT2D eigenvalue weighted by molar-refractivity contribution is 0.0630. The first-order valence-corrected chi connectivity index (χ1v) is 11.9. The Bertz CT molecular complexity index is 832. The van der Waals surface area contributed by atoms with Gasteiger partial charge < -0.3 is 9.47 Å². The third kappa shape index (κ3) is 3.54. The maximum absolute atomic E-state index is 13.0. The first kappa shape index (κ1) is 18.4. The lowest BCUT2D eigenvalue weighted by Crippen LogP contribution is -2.49. The van der Waals surface area contributed by atoms with E-state index in [0.717, 1.165) is 37.1 Å². The second kappa shape index (κ2) is 8.03. The van der Waals surface area contributed by atoms with Crippen LogP contribution in [0.4, 0.5) is 0 Å². The number of aromatic nitrogens is 3. The summed E-state index contributed by atoms with van der Waals surface area (Å²) >= 11 is 2.06. The van der Waals surface area contributed by atoms with Gasteiger partial charge in [-0.3, -0.25) is 9.69 Å². The van der Waals surface area contributed by atoms with Gasteiger partial charge in [0.15, 0.2) is 5.65 Å². The van der Waals surface area contributed by atoms with Crippen molar-refractivity contribution in [1.29, 1.82) is 0 Å². The van der Waals surface area contributed by atoms with Gasteiger partial charge in [-0.15, -0.1) is 0 Å². The molecule has 2 aromatic rings. The van der Waals surface area contributed by atoms with Crippen LogP contribution in [0.15, 0.2) is 18.6 Å². The van der Waals surface area contributed by atoms with E-state index >= 15 is 0 Å². The molecule has 0 radical (unpaired) electrons. The summed E-state index contributed by atoms with van der Waals surface area (Å²) < 4.78 is 2.21. The molecule has 1 aliphatic carbocycles. The molecule has 2 aliphatic heterocycles. The lowest BCUT2D eigenvalue weighted by Gasteiger charge is -2.40. The van der Waals surface area contributed by atoms with Gasteiger partial charge in [0, 0.05) is 56.0 Å². The van der Waals surface area contributed by atoms with Gasteiger partial charge in [0.25, 0.3) is 5.91 Å². The van der Waals surface area contributed by atoms with Crippen molar-refractivity contribution in [3.63, 3.8) is 0 Å². The lowest BCUT2D eigenvalue weighted by atomic mass is 10.0. The molecule has 4 heterocycles. The molecule has 28 heavy (non-hydrogen) atoms. The van der Waals surface area contributed by atoms with E-state index in [-0.39, 0.29) is 5.91 Å². The van der Waals surface area contributed by atoms with E-state index in [4.69, 9.17) is 0 Å². The highest BCUT2D eigenvalue weighted by molar-refractivity contribution is 7.99. The summed E-state index contributed by atoms with van der Waals surface area (Å²) in [5, 5.41) is 0. The fraction of sp³-hybridized carbons (Fsp3) is 0.667. The molecule has 6 nitrogen and oxygen atoms in total. The van der Waals surface area contributed by atoms with Crippen LogP contribution in [0.3, 0.4) is 0 Å². The molecule has 0 N–H and O–H groups in total. The fourth-order valence-corrected chi connectivity index (χ4v) is 5.98. The first-order valence-electron chi connectivity index (χ1n) is 10.7. The number of likely N-dealkylation sites (tertiary alicyclic amines) is 1. The van der Waals surface area contributed by atoms with Crippen LogP contribution in [0.1, 0.15) is 54.9 Å². The Kier molecular flexibility index (Phi) is 5.28. The molecular weight excluding hydrogens is 370 g/mol. The number of hydrogen-bond donors (Lipinski definition) is 0. The van der Waals surface area contributed by atoms with Crippen molar-refractivity contribution in [3.05, 3.63) is 24.2 Å². The van der Waals surface area contributed by atoms with E-state index in [0.29, 0.717) is 17.6 Å². The molecule has 0 bridgehead atoms. The number of pyridine rings is 1. The van der Waals surface area contributed by atoms with E-state index in [2.05, 4.69) is 31.2 Å². The Morgan fingerprint density at radius 1 is 0.964 bits per heavy atom. The van der Waals surface area contributed by atoms with Crippen molar-refractivity contribution < 1.29 is 4.79 Å². The number of imidazole rings is 1. The summed E-state index contributed by atoms with van der Waals surface area (Å²) in [5.41, 5.74) is 2.44. The molecule has 0 aromatic carbocycles. The molecule has 2 aromatic heterocycles. The number of nitrogens with zero attached hydrogens (tertiary/aromatic N) is 5. The topological polar surface area (TPSA) is 54.3 Å². The number of amides is 1. The number of fused-ring (bicyclic) bond motifs is 1. The van der Waals surface area contributed by atoms with Crippen molar-refractivity contribution in [2.24, 2.45) is 0 Å². The van der Waals surface area contributed by atoms with Crippen LogP contribution in [-0.2, 0) is 0 Å². The Labute approximate surface area is 170 Å². The Balaban J connectivity index is 1.26. The summed E-state index contributed by atoms with van der Waals surface area (Å²) in [4.78, 5) is 26.8. The molecule has 1 amide bonds. The zero-order valence-corrected chi connectivity index (χ0v) is 17.2. The predicted molar refractivity (Wildman–Crippen MR) is 113 cm³/mol. The number of hydrogen-bond acceptors (Lipinski definition) is 5. The van der Waals surface area contributed by atoms with Crippen molar-refractivity contribution >= 4 is 28.8 Å². The molecule has 0 atom stereocenters. The predicted octanol–water partition coefficient (Wildman–Crippen LogP) is 3.20. The molecule has 3 fully saturated rings. The van der Waals surface area contributed by atoms with Gasteiger partial charge >= 0.3 is 0 Å². The number of carbonyl (C=O) groups excluding carboxylic acids is 1. The van der Waals surface area contributed by atoms with Gasteiger partial charge in [0.2, 0.25) is 0 Å². The number of carbonyl (C=O) groups is 1. The minimum absolute atomic E-state index is 0.109. The number of piperidine rings is 1. The standard InChI is InChI=1S/C21H29N5OS/c27-21(25-7-5-17(6-8-25)24-9-11-28-12-10-24)16-13-19-20(22-14-16)26(15-23-19)18-3-1-2-4-18/h13-15,17-18H,1-12H2. The summed E-state index contributed by atoms with van der Waals surface area (Å²) in [6.45, 7) is 4.10. The van der Waals surface area contributed by atoms with Crippen molar-refractivity contribution in [3.8, 4) is 0 Å². The molecule has 0 unspecified atom stereocenters. The highest BCUT2D eigenvalue weighted by Gasteiger charge is 2.28. The summed E-state index contributed by atoms with van der Waals surface area (Å²) in [7, 11) is 0. The highest BCUT2D eigenvalue weighted by atomic mass is 32.2. The average Bonchev–Trinajstić information content (AvgIpc) is 3.43. The zero-order chi connectivity index (χ0) is 18.9. The average molecular weight is 400 g/mol. The van der Waals surface area contributed by atoms with E-state index in [1.807, 2.05) is 17.3 Å². The maximum atomic E-state index is 13.0. The van der Waals surface area contributed by atoms with Crippen LogP contribution in [0.2, 0.25) is 0 Å². The fourth-order valence-electron chi connectivity index (χ4n) is 5.04. The SMILES string of the molecule is O=C(c1cnc2c(c1)ncn2C1CCCC1)N1CCC(N2CCSCC2)CC1. The van der Waals surface area contributed by atoms with E-state index < -0.39 is 0 Å². The summed E-state index contributed by atoms with van der Waals surface area (Å²) in [6.07, 6.45) is 10.8. The van der Waals surface area contributed by atoms with E-state index in [1.165, 1.54) is 50.3 Å².